The second-order valence-corrected chi connectivity index (χ2v) is 1.50. The van der Waals surface area contributed by atoms with Crippen LogP contribution in [-0.4, -0.2) is 11.1 Å². The predicted octanol–water partition coefficient (Wildman–Crippen LogP) is 1.43. The van der Waals surface area contributed by atoms with Gasteiger partial charge >= 0.3 is 5.97 Å². The van der Waals surface area contributed by atoms with Crippen LogP contribution in [-0.2, 0) is 4.79 Å². The van der Waals surface area contributed by atoms with E-state index in [-0.39, 0.29) is 6.42 Å². The first-order valence-corrected chi connectivity index (χ1v) is 2.60. The van der Waals surface area contributed by atoms with Crippen LogP contribution in [0, 0.1) is 0 Å². The van der Waals surface area contributed by atoms with Gasteiger partial charge in [-0.05, 0) is 13.3 Å². The minimum Gasteiger partial charge on any atom is -0.481 e. The fraction of sp³-hybridized carbons (Fsp3) is 0.500. The molecule has 0 rings (SSSR count). The Morgan fingerprint density at radius 1 is 1.75 bits per heavy atom. The average Bonchev–Trinajstić information content (AvgIpc) is 1.66. The van der Waals surface area contributed by atoms with E-state index < -0.39 is 5.97 Å². The second-order valence-electron chi connectivity index (χ2n) is 1.50. The molecule has 0 aliphatic rings. The first-order chi connectivity index (χ1) is 3.77. The summed E-state index contributed by atoms with van der Waals surface area (Å²) in [5.41, 5.74) is 0. The molecule has 0 bridgehead atoms. The van der Waals surface area contributed by atoms with E-state index in [0.29, 0.717) is 6.42 Å². The molecule has 0 saturated carbocycles. The van der Waals surface area contributed by atoms with E-state index in [9.17, 15) is 4.79 Å². The van der Waals surface area contributed by atoms with E-state index >= 15 is 0 Å². The lowest BCUT2D eigenvalue weighted by atomic mass is 10.3. The third-order valence-electron chi connectivity index (χ3n) is 0.761. The molecular formula is C6H10O2. The van der Waals surface area contributed by atoms with Crippen LogP contribution in [0.25, 0.3) is 0 Å². The predicted molar refractivity (Wildman–Crippen MR) is 31.7 cm³/mol. The molecule has 46 valence electrons. The van der Waals surface area contributed by atoms with Crippen LogP contribution >= 0.6 is 0 Å². The topological polar surface area (TPSA) is 37.3 Å². The molecule has 0 aliphatic carbocycles. The minimum absolute atomic E-state index is 0.240. The summed E-state index contributed by atoms with van der Waals surface area (Å²) < 4.78 is 0. The number of aliphatic carboxylic acids is 1. The molecule has 0 aromatic rings. The standard InChI is InChI=1S/C6H10O2/c1-2-3-4-5-6(7)8/h2-3H,4-5H2,1H3,(H,7,8). The zero-order chi connectivity index (χ0) is 6.41. The van der Waals surface area contributed by atoms with Crippen molar-refractivity contribution in [1.82, 2.24) is 0 Å². The van der Waals surface area contributed by atoms with Crippen LogP contribution in [0.5, 0.6) is 0 Å². The molecule has 2 nitrogen and oxygen atoms in total. The lowest BCUT2D eigenvalue weighted by molar-refractivity contribution is -0.136. The average molecular weight is 114 g/mol. The molecule has 0 fully saturated rings. The van der Waals surface area contributed by atoms with Gasteiger partial charge in [0.1, 0.15) is 0 Å². The molecule has 0 radical (unpaired) electrons. The molecule has 0 spiro atoms. The van der Waals surface area contributed by atoms with Gasteiger partial charge in [-0.25, -0.2) is 0 Å². The Hall–Kier alpha value is -0.790. The molecule has 0 aromatic heterocycles. The van der Waals surface area contributed by atoms with Crippen LogP contribution in [0.3, 0.4) is 0 Å². The minimum atomic E-state index is -0.733. The largest absolute Gasteiger partial charge is 0.481 e. The number of carbonyl (C=O) groups is 1. The zero-order valence-corrected chi connectivity index (χ0v) is 4.92. The van der Waals surface area contributed by atoms with Crippen LogP contribution < -0.4 is 0 Å². The molecular weight excluding hydrogens is 104 g/mol. The molecule has 0 aliphatic heterocycles. The van der Waals surface area contributed by atoms with Crippen molar-refractivity contribution < 1.29 is 9.90 Å². The fourth-order valence-electron chi connectivity index (χ4n) is 0.373. The van der Waals surface area contributed by atoms with E-state index in [4.69, 9.17) is 5.11 Å². The number of rotatable bonds is 3. The van der Waals surface area contributed by atoms with Gasteiger partial charge in [0, 0.05) is 6.42 Å². The molecule has 2 heteroatoms. The smallest absolute Gasteiger partial charge is 0.303 e. The van der Waals surface area contributed by atoms with Crippen molar-refractivity contribution in [3.63, 3.8) is 0 Å². The van der Waals surface area contributed by atoms with Crippen molar-refractivity contribution >= 4 is 5.97 Å². The first kappa shape index (κ1) is 7.21. The molecule has 1 N–H and O–H groups in total. The zero-order valence-electron chi connectivity index (χ0n) is 4.92. The maximum Gasteiger partial charge on any atom is 0.303 e. The molecule has 0 amide bonds. The Morgan fingerprint density at radius 3 is 2.75 bits per heavy atom. The summed E-state index contributed by atoms with van der Waals surface area (Å²) in [5.74, 6) is -0.733. The molecule has 0 saturated heterocycles. The molecule has 0 aromatic carbocycles. The van der Waals surface area contributed by atoms with E-state index in [0.717, 1.165) is 0 Å². The van der Waals surface area contributed by atoms with Gasteiger partial charge in [-0.3, -0.25) is 4.79 Å². The van der Waals surface area contributed by atoms with E-state index in [2.05, 4.69) is 0 Å². The lowest BCUT2D eigenvalue weighted by Crippen LogP contribution is -1.91. The first-order valence-electron chi connectivity index (χ1n) is 2.60. The summed E-state index contributed by atoms with van der Waals surface area (Å²) in [6.07, 6.45) is 4.58. The normalized spacial score (nSPS) is 10.1. The van der Waals surface area contributed by atoms with Gasteiger partial charge in [-0.15, -0.1) is 0 Å². The molecule has 0 unspecified atom stereocenters. The van der Waals surface area contributed by atoms with Gasteiger partial charge in [-0.1, -0.05) is 12.2 Å². The van der Waals surface area contributed by atoms with Crippen molar-refractivity contribution in [2.75, 3.05) is 0 Å². The van der Waals surface area contributed by atoms with Crippen molar-refractivity contribution in [2.24, 2.45) is 0 Å². The third-order valence-corrected chi connectivity index (χ3v) is 0.761. The van der Waals surface area contributed by atoms with Crippen LogP contribution in [0.2, 0.25) is 0 Å². The lowest BCUT2D eigenvalue weighted by Gasteiger charge is -1.83. The maximum atomic E-state index is 9.84. The van der Waals surface area contributed by atoms with Crippen LogP contribution in [0.4, 0.5) is 0 Å². The van der Waals surface area contributed by atoms with Crippen molar-refractivity contribution in [1.29, 1.82) is 0 Å². The van der Waals surface area contributed by atoms with Gasteiger partial charge in [-0.2, -0.15) is 0 Å². The molecule has 0 heterocycles. The van der Waals surface area contributed by atoms with Gasteiger partial charge in [0.2, 0.25) is 0 Å². The van der Waals surface area contributed by atoms with Crippen molar-refractivity contribution in [3.05, 3.63) is 12.2 Å². The summed E-state index contributed by atoms with van der Waals surface area (Å²) in [6, 6.07) is 0. The van der Waals surface area contributed by atoms with E-state index in [1.807, 2.05) is 19.1 Å². The highest BCUT2D eigenvalue weighted by Crippen LogP contribution is 1.88. The Bertz CT molecular complexity index is 94.7. The van der Waals surface area contributed by atoms with E-state index in [1.54, 1.807) is 0 Å². The number of hydrogen-bond donors (Lipinski definition) is 1. The molecule has 8 heavy (non-hydrogen) atoms. The van der Waals surface area contributed by atoms with Gasteiger partial charge < -0.3 is 5.11 Å². The van der Waals surface area contributed by atoms with Crippen molar-refractivity contribution in [3.8, 4) is 0 Å². The summed E-state index contributed by atoms with van der Waals surface area (Å²) in [4.78, 5) is 9.84. The van der Waals surface area contributed by atoms with Gasteiger partial charge in [0.15, 0.2) is 0 Å². The second kappa shape index (κ2) is 4.37. The Morgan fingerprint density at radius 2 is 2.38 bits per heavy atom. The Balaban J connectivity index is 3.05. The highest BCUT2D eigenvalue weighted by atomic mass is 16.4. The SMILES string of the molecule is CC=CCCC(=O)O. The highest BCUT2D eigenvalue weighted by molar-refractivity contribution is 5.66. The molecule has 0 atom stereocenters. The number of hydrogen-bond acceptors (Lipinski definition) is 1. The van der Waals surface area contributed by atoms with Crippen molar-refractivity contribution in [2.45, 2.75) is 19.8 Å². The number of allylic oxidation sites excluding steroid dienone is 2. The van der Waals surface area contributed by atoms with Crippen LogP contribution in [0.15, 0.2) is 12.2 Å². The van der Waals surface area contributed by atoms with Gasteiger partial charge in [0.05, 0.1) is 0 Å². The Labute approximate surface area is 48.8 Å². The Kier molecular flexibility index (Phi) is 3.94. The number of carboxylic acid groups (broad SMARTS) is 1. The fourth-order valence-corrected chi connectivity index (χ4v) is 0.373. The summed E-state index contributed by atoms with van der Waals surface area (Å²) in [7, 11) is 0. The monoisotopic (exact) mass is 114 g/mol. The summed E-state index contributed by atoms with van der Waals surface area (Å²) in [5, 5.41) is 8.11. The highest BCUT2D eigenvalue weighted by Gasteiger charge is 1.89. The summed E-state index contributed by atoms with van der Waals surface area (Å²) in [6.45, 7) is 1.88. The van der Waals surface area contributed by atoms with Crippen LogP contribution in [0.1, 0.15) is 19.8 Å². The van der Waals surface area contributed by atoms with E-state index in [1.165, 1.54) is 0 Å². The third kappa shape index (κ3) is 5.21. The summed E-state index contributed by atoms with van der Waals surface area (Å²) >= 11 is 0. The number of carboxylic acids is 1. The quantitative estimate of drug-likeness (QED) is 0.563. The van der Waals surface area contributed by atoms with Gasteiger partial charge in [0.25, 0.3) is 0 Å². The maximum absolute atomic E-state index is 9.84.